The topological polar surface area (TPSA) is 77.4 Å². The number of aromatic nitrogens is 1. The van der Waals surface area contributed by atoms with Crippen molar-refractivity contribution in [3.05, 3.63) is 106 Å². The normalized spacial score (nSPS) is 10.7. The van der Waals surface area contributed by atoms with Crippen molar-refractivity contribution in [3.8, 4) is 5.75 Å². The molecular formula is C26H22N2O4. The molecule has 0 radical (unpaired) electrons. The maximum Gasteiger partial charge on any atom is 0.244 e. The van der Waals surface area contributed by atoms with Gasteiger partial charge in [-0.25, -0.2) is 0 Å². The van der Waals surface area contributed by atoms with E-state index >= 15 is 0 Å². The number of ketones is 1. The molecular weight excluding hydrogens is 404 g/mol. The maximum absolute atomic E-state index is 13.1. The van der Waals surface area contributed by atoms with Gasteiger partial charge in [-0.15, -0.1) is 0 Å². The fourth-order valence-corrected chi connectivity index (χ4v) is 3.58. The molecule has 4 rings (SSSR count). The van der Waals surface area contributed by atoms with Crippen molar-refractivity contribution in [1.82, 2.24) is 4.57 Å². The predicted molar refractivity (Wildman–Crippen MR) is 124 cm³/mol. The Morgan fingerprint density at radius 1 is 0.969 bits per heavy atom. The summed E-state index contributed by atoms with van der Waals surface area (Å²) in [6.07, 6.45) is 1.48. The molecule has 6 heteroatoms. The molecule has 0 unspecified atom stereocenters. The second kappa shape index (κ2) is 8.89. The van der Waals surface area contributed by atoms with Crippen LogP contribution in [0.4, 0.5) is 5.69 Å². The van der Waals surface area contributed by atoms with Crippen LogP contribution in [0.3, 0.4) is 0 Å². The van der Waals surface area contributed by atoms with Crippen molar-refractivity contribution in [2.75, 3.05) is 12.4 Å². The molecule has 6 nitrogen and oxygen atoms in total. The molecule has 0 saturated carbocycles. The Kier molecular flexibility index (Phi) is 5.85. The van der Waals surface area contributed by atoms with E-state index in [2.05, 4.69) is 5.32 Å². The van der Waals surface area contributed by atoms with E-state index in [0.29, 0.717) is 27.9 Å². The third-order valence-electron chi connectivity index (χ3n) is 5.20. The standard InChI is InChI=1S/C26H22N2O4/c1-17-8-13-23-21(14-17)26(31)22(25(30)18-6-4-3-5-7-18)15-28(23)16-24(29)27-19-9-11-20(32-2)12-10-19/h3-15H,16H2,1-2H3,(H,27,29). The maximum atomic E-state index is 13.1. The van der Waals surface area contributed by atoms with Crippen molar-refractivity contribution < 1.29 is 14.3 Å². The first-order chi connectivity index (χ1) is 15.5. The molecule has 1 aromatic heterocycles. The molecule has 0 fully saturated rings. The molecule has 0 aliphatic rings. The van der Waals surface area contributed by atoms with Crippen LogP contribution in [0, 0.1) is 6.92 Å². The SMILES string of the molecule is COc1ccc(NC(=O)Cn2cc(C(=O)c3ccccc3)c(=O)c3cc(C)ccc32)cc1. The van der Waals surface area contributed by atoms with Crippen LogP contribution in [-0.4, -0.2) is 23.4 Å². The van der Waals surface area contributed by atoms with Gasteiger partial charge in [0.2, 0.25) is 11.3 Å². The summed E-state index contributed by atoms with van der Waals surface area (Å²) in [5.41, 5.74) is 2.22. The van der Waals surface area contributed by atoms with Gasteiger partial charge in [0.05, 0.1) is 18.2 Å². The first kappa shape index (κ1) is 21.1. The van der Waals surface area contributed by atoms with Gasteiger partial charge in [0.1, 0.15) is 12.3 Å². The lowest BCUT2D eigenvalue weighted by Gasteiger charge is -2.14. The molecule has 3 aromatic carbocycles. The van der Waals surface area contributed by atoms with E-state index in [1.807, 2.05) is 19.1 Å². The number of benzene rings is 3. The van der Waals surface area contributed by atoms with Crippen LogP contribution in [0.2, 0.25) is 0 Å². The Labute approximate surface area is 185 Å². The summed E-state index contributed by atoms with van der Waals surface area (Å²) >= 11 is 0. The minimum atomic E-state index is -0.372. The van der Waals surface area contributed by atoms with E-state index in [1.54, 1.807) is 72.3 Å². The molecule has 1 N–H and O–H groups in total. The minimum absolute atomic E-state index is 0.0338. The lowest BCUT2D eigenvalue weighted by molar-refractivity contribution is -0.116. The number of ether oxygens (including phenoxy) is 1. The molecule has 0 spiro atoms. The number of fused-ring (bicyclic) bond motifs is 1. The van der Waals surface area contributed by atoms with E-state index in [4.69, 9.17) is 4.74 Å². The van der Waals surface area contributed by atoms with Crippen molar-refractivity contribution >= 4 is 28.3 Å². The smallest absolute Gasteiger partial charge is 0.244 e. The molecule has 32 heavy (non-hydrogen) atoms. The summed E-state index contributed by atoms with van der Waals surface area (Å²) in [6.45, 7) is 1.83. The first-order valence-electron chi connectivity index (χ1n) is 10.1. The molecule has 0 saturated heterocycles. The number of nitrogens with one attached hydrogen (secondary N) is 1. The summed E-state index contributed by atoms with van der Waals surface area (Å²) in [6, 6.07) is 21.1. The number of anilines is 1. The number of carbonyl (C=O) groups is 2. The van der Waals surface area contributed by atoms with Gasteiger partial charge in [-0.05, 0) is 43.3 Å². The first-order valence-corrected chi connectivity index (χ1v) is 10.1. The predicted octanol–water partition coefficient (Wildman–Crippen LogP) is 4.19. The minimum Gasteiger partial charge on any atom is -0.497 e. The highest BCUT2D eigenvalue weighted by atomic mass is 16.5. The van der Waals surface area contributed by atoms with E-state index in [-0.39, 0.29) is 29.2 Å². The van der Waals surface area contributed by atoms with Crippen LogP contribution in [0.1, 0.15) is 21.5 Å². The zero-order valence-electron chi connectivity index (χ0n) is 17.8. The van der Waals surface area contributed by atoms with Crippen LogP contribution >= 0.6 is 0 Å². The molecule has 160 valence electrons. The largest absolute Gasteiger partial charge is 0.497 e. The van der Waals surface area contributed by atoms with Crippen LogP contribution < -0.4 is 15.5 Å². The molecule has 0 aliphatic heterocycles. The lowest BCUT2D eigenvalue weighted by Crippen LogP contribution is -2.24. The Bertz CT molecular complexity index is 1360. The second-order valence-corrected chi connectivity index (χ2v) is 7.49. The number of pyridine rings is 1. The quantitative estimate of drug-likeness (QED) is 0.469. The zero-order chi connectivity index (χ0) is 22.7. The number of methoxy groups -OCH3 is 1. The number of nitrogens with zero attached hydrogens (tertiary/aromatic N) is 1. The molecule has 1 amide bonds. The molecule has 0 aliphatic carbocycles. The van der Waals surface area contributed by atoms with Crippen LogP contribution in [0.5, 0.6) is 5.75 Å². The Morgan fingerprint density at radius 3 is 2.38 bits per heavy atom. The second-order valence-electron chi connectivity index (χ2n) is 7.49. The summed E-state index contributed by atoms with van der Waals surface area (Å²) < 4.78 is 6.78. The van der Waals surface area contributed by atoms with E-state index in [1.165, 1.54) is 6.20 Å². The molecule has 0 atom stereocenters. The molecule has 0 bridgehead atoms. The third-order valence-corrected chi connectivity index (χ3v) is 5.20. The Balaban J connectivity index is 1.72. The number of hydrogen-bond donors (Lipinski definition) is 1. The van der Waals surface area contributed by atoms with Gasteiger partial charge in [0, 0.05) is 22.8 Å². The van der Waals surface area contributed by atoms with Gasteiger partial charge >= 0.3 is 0 Å². The summed E-state index contributed by atoms with van der Waals surface area (Å²) in [5, 5.41) is 3.24. The van der Waals surface area contributed by atoms with Gasteiger partial charge in [-0.2, -0.15) is 0 Å². The molecule has 4 aromatic rings. The zero-order valence-corrected chi connectivity index (χ0v) is 17.8. The summed E-state index contributed by atoms with van der Waals surface area (Å²) in [5.74, 6) is 0.0379. The van der Waals surface area contributed by atoms with Gasteiger partial charge in [0.25, 0.3) is 0 Å². The summed E-state index contributed by atoms with van der Waals surface area (Å²) in [7, 11) is 1.57. The van der Waals surface area contributed by atoms with Crippen molar-refractivity contribution in [2.45, 2.75) is 13.5 Å². The van der Waals surface area contributed by atoms with Gasteiger partial charge in [-0.1, -0.05) is 42.0 Å². The molecule has 1 heterocycles. The number of carbonyl (C=O) groups excluding carboxylic acids is 2. The van der Waals surface area contributed by atoms with Crippen molar-refractivity contribution in [3.63, 3.8) is 0 Å². The number of rotatable bonds is 6. The van der Waals surface area contributed by atoms with Gasteiger partial charge < -0.3 is 14.6 Å². The lowest BCUT2D eigenvalue weighted by atomic mass is 10.0. The number of aryl methyl sites for hydroxylation is 1. The van der Waals surface area contributed by atoms with Crippen molar-refractivity contribution in [1.29, 1.82) is 0 Å². The number of hydrogen-bond acceptors (Lipinski definition) is 4. The number of amides is 1. The average Bonchev–Trinajstić information content (AvgIpc) is 2.81. The van der Waals surface area contributed by atoms with E-state index < -0.39 is 0 Å². The van der Waals surface area contributed by atoms with Crippen molar-refractivity contribution in [2.24, 2.45) is 0 Å². The fourth-order valence-electron chi connectivity index (χ4n) is 3.58. The van der Waals surface area contributed by atoms with E-state index in [9.17, 15) is 14.4 Å². The summed E-state index contributed by atoms with van der Waals surface area (Å²) in [4.78, 5) is 39.0. The highest BCUT2D eigenvalue weighted by Crippen LogP contribution is 2.18. The van der Waals surface area contributed by atoms with Crippen LogP contribution in [0.15, 0.2) is 83.8 Å². The Morgan fingerprint density at radius 2 is 1.69 bits per heavy atom. The van der Waals surface area contributed by atoms with Gasteiger partial charge in [0.15, 0.2) is 5.78 Å². The van der Waals surface area contributed by atoms with Crippen LogP contribution in [-0.2, 0) is 11.3 Å². The highest BCUT2D eigenvalue weighted by Gasteiger charge is 2.18. The van der Waals surface area contributed by atoms with Crippen LogP contribution in [0.25, 0.3) is 10.9 Å². The third kappa shape index (κ3) is 4.30. The average molecular weight is 426 g/mol. The Hall–Kier alpha value is -4.19. The highest BCUT2D eigenvalue weighted by molar-refractivity contribution is 6.10. The fraction of sp³-hybridized carbons (Fsp3) is 0.115. The monoisotopic (exact) mass is 426 g/mol. The van der Waals surface area contributed by atoms with E-state index in [0.717, 1.165) is 5.56 Å². The van der Waals surface area contributed by atoms with Gasteiger partial charge in [-0.3, -0.25) is 14.4 Å².